The molecule has 0 saturated heterocycles. The van der Waals surface area contributed by atoms with Crippen molar-refractivity contribution < 1.29 is 19.1 Å². The summed E-state index contributed by atoms with van der Waals surface area (Å²) in [7, 11) is 2.89. The zero-order valence-electron chi connectivity index (χ0n) is 15.2. The third-order valence-corrected chi connectivity index (χ3v) is 4.78. The average molecular weight is 428 g/mol. The van der Waals surface area contributed by atoms with Crippen molar-refractivity contribution in [2.24, 2.45) is 0 Å². The maximum atomic E-state index is 13.2. The van der Waals surface area contributed by atoms with Crippen molar-refractivity contribution in [2.75, 3.05) is 19.1 Å². The minimum absolute atomic E-state index is 0.262. The summed E-state index contributed by atoms with van der Waals surface area (Å²) >= 11 is 3.42. The topological polar surface area (TPSA) is 55.8 Å². The average Bonchev–Trinajstić information content (AvgIpc) is 2.91. The van der Waals surface area contributed by atoms with Crippen LogP contribution in [0.2, 0.25) is 0 Å². The quantitative estimate of drug-likeness (QED) is 0.537. The van der Waals surface area contributed by atoms with Crippen LogP contribution in [-0.2, 0) is 14.3 Å². The van der Waals surface area contributed by atoms with E-state index in [1.54, 1.807) is 32.2 Å². The number of nitrogens with zero attached hydrogens (tertiary/aromatic N) is 1. The SMILES string of the molecule is COC(=O)C1=C(C)N(c2cccc(Br)c2)C(=O)/C1=C\c1ccc(OC)cc1. The number of hydrogen-bond acceptors (Lipinski definition) is 4. The van der Waals surface area contributed by atoms with Crippen LogP contribution in [0.3, 0.4) is 0 Å². The number of anilines is 1. The number of rotatable bonds is 4. The van der Waals surface area contributed by atoms with E-state index in [2.05, 4.69) is 15.9 Å². The van der Waals surface area contributed by atoms with E-state index in [1.165, 1.54) is 12.0 Å². The van der Waals surface area contributed by atoms with Crippen LogP contribution < -0.4 is 9.64 Å². The Labute approximate surface area is 166 Å². The van der Waals surface area contributed by atoms with Crippen molar-refractivity contribution in [3.05, 3.63) is 75.4 Å². The van der Waals surface area contributed by atoms with Crippen LogP contribution in [0.15, 0.2) is 69.8 Å². The number of ether oxygens (including phenoxy) is 2. The molecule has 1 heterocycles. The molecule has 0 aliphatic carbocycles. The van der Waals surface area contributed by atoms with Crippen LogP contribution in [0.1, 0.15) is 12.5 Å². The molecule has 0 N–H and O–H groups in total. The Balaban J connectivity index is 2.10. The Morgan fingerprint density at radius 1 is 1.11 bits per heavy atom. The third-order valence-electron chi connectivity index (χ3n) is 4.28. The van der Waals surface area contributed by atoms with Gasteiger partial charge in [-0.05, 0) is 48.9 Å². The second-order valence-corrected chi connectivity index (χ2v) is 6.82. The number of carbonyl (C=O) groups is 2. The van der Waals surface area contributed by atoms with Gasteiger partial charge >= 0.3 is 5.97 Å². The molecule has 0 aromatic heterocycles. The number of allylic oxidation sites excluding steroid dienone is 1. The molecule has 0 radical (unpaired) electrons. The minimum atomic E-state index is -0.543. The number of methoxy groups -OCH3 is 2. The smallest absolute Gasteiger partial charge is 0.340 e. The van der Waals surface area contributed by atoms with E-state index in [9.17, 15) is 9.59 Å². The predicted molar refractivity (Wildman–Crippen MR) is 107 cm³/mol. The second-order valence-electron chi connectivity index (χ2n) is 5.90. The molecule has 1 amide bonds. The minimum Gasteiger partial charge on any atom is -0.497 e. The predicted octanol–water partition coefficient (Wildman–Crippen LogP) is 4.33. The van der Waals surface area contributed by atoms with Gasteiger partial charge in [-0.1, -0.05) is 34.1 Å². The lowest BCUT2D eigenvalue weighted by molar-refractivity contribution is -0.136. The standard InChI is InChI=1S/C21H18BrNO4/c1-13-19(21(25)27-3)18(11-14-7-9-17(26-2)10-8-14)20(24)23(13)16-6-4-5-15(22)12-16/h4-12H,1-3H3/b18-11-. The molecule has 0 unspecified atom stereocenters. The largest absolute Gasteiger partial charge is 0.497 e. The fraction of sp³-hybridized carbons (Fsp3) is 0.143. The van der Waals surface area contributed by atoms with Crippen molar-refractivity contribution >= 4 is 39.6 Å². The number of amides is 1. The summed E-state index contributed by atoms with van der Waals surface area (Å²) in [6.07, 6.45) is 1.69. The molecule has 0 fully saturated rings. The van der Waals surface area contributed by atoms with Crippen molar-refractivity contribution in [1.82, 2.24) is 0 Å². The molecule has 0 bridgehead atoms. The molecule has 2 aromatic rings. The van der Waals surface area contributed by atoms with Crippen LogP contribution in [0.4, 0.5) is 5.69 Å². The molecule has 1 aliphatic rings. The Hall–Kier alpha value is -2.86. The maximum absolute atomic E-state index is 13.2. The summed E-state index contributed by atoms with van der Waals surface area (Å²) in [6, 6.07) is 14.6. The molecule has 5 nitrogen and oxygen atoms in total. The van der Waals surface area contributed by atoms with E-state index in [1.807, 2.05) is 36.4 Å². The first kappa shape index (κ1) is 18.9. The van der Waals surface area contributed by atoms with E-state index >= 15 is 0 Å². The Morgan fingerprint density at radius 3 is 2.41 bits per heavy atom. The molecule has 0 spiro atoms. The summed E-state index contributed by atoms with van der Waals surface area (Å²) in [6.45, 7) is 1.74. The van der Waals surface area contributed by atoms with E-state index in [0.717, 1.165) is 10.0 Å². The maximum Gasteiger partial charge on any atom is 0.340 e. The van der Waals surface area contributed by atoms with Crippen molar-refractivity contribution in [3.63, 3.8) is 0 Å². The Morgan fingerprint density at radius 2 is 1.81 bits per heavy atom. The van der Waals surface area contributed by atoms with Gasteiger partial charge in [0.1, 0.15) is 5.75 Å². The summed E-state index contributed by atoms with van der Waals surface area (Å²) in [4.78, 5) is 27.1. The summed E-state index contributed by atoms with van der Waals surface area (Å²) in [5, 5.41) is 0. The molecular weight excluding hydrogens is 410 g/mol. The van der Waals surface area contributed by atoms with Crippen LogP contribution in [0.25, 0.3) is 6.08 Å². The van der Waals surface area contributed by atoms with Gasteiger partial charge in [-0.15, -0.1) is 0 Å². The number of benzene rings is 2. The number of carbonyl (C=O) groups excluding carboxylic acids is 2. The van der Waals surface area contributed by atoms with E-state index in [0.29, 0.717) is 22.7 Å². The fourth-order valence-corrected chi connectivity index (χ4v) is 3.36. The van der Waals surface area contributed by atoms with Gasteiger partial charge in [-0.3, -0.25) is 9.69 Å². The lowest BCUT2D eigenvalue weighted by Crippen LogP contribution is -2.24. The highest BCUT2D eigenvalue weighted by Crippen LogP contribution is 2.36. The van der Waals surface area contributed by atoms with Crippen molar-refractivity contribution in [2.45, 2.75) is 6.92 Å². The zero-order valence-corrected chi connectivity index (χ0v) is 16.7. The first-order valence-electron chi connectivity index (χ1n) is 8.21. The number of halogens is 1. The van der Waals surface area contributed by atoms with E-state index in [4.69, 9.17) is 9.47 Å². The van der Waals surface area contributed by atoms with Crippen LogP contribution in [-0.4, -0.2) is 26.1 Å². The molecular formula is C21H18BrNO4. The summed E-state index contributed by atoms with van der Waals surface area (Å²) in [5.41, 5.74) is 2.54. The van der Waals surface area contributed by atoms with E-state index in [-0.39, 0.29) is 11.5 Å². The van der Waals surface area contributed by atoms with Crippen LogP contribution in [0, 0.1) is 0 Å². The molecule has 27 heavy (non-hydrogen) atoms. The van der Waals surface area contributed by atoms with Crippen LogP contribution in [0.5, 0.6) is 5.75 Å². The van der Waals surface area contributed by atoms with E-state index < -0.39 is 5.97 Å². The third kappa shape index (κ3) is 3.66. The fourth-order valence-electron chi connectivity index (χ4n) is 2.97. The molecule has 2 aromatic carbocycles. The molecule has 0 atom stereocenters. The monoisotopic (exact) mass is 427 g/mol. The van der Waals surface area contributed by atoms with Gasteiger partial charge in [0.05, 0.1) is 31.1 Å². The highest BCUT2D eigenvalue weighted by Gasteiger charge is 2.37. The van der Waals surface area contributed by atoms with Gasteiger partial charge in [0.25, 0.3) is 5.91 Å². The molecule has 1 aliphatic heterocycles. The molecule has 3 rings (SSSR count). The zero-order chi connectivity index (χ0) is 19.6. The number of hydrogen-bond donors (Lipinski definition) is 0. The lowest BCUT2D eigenvalue weighted by Gasteiger charge is -2.18. The van der Waals surface area contributed by atoms with Gasteiger partial charge in [-0.2, -0.15) is 0 Å². The van der Waals surface area contributed by atoms with Gasteiger partial charge in [0.15, 0.2) is 0 Å². The van der Waals surface area contributed by atoms with Gasteiger partial charge in [-0.25, -0.2) is 4.79 Å². The van der Waals surface area contributed by atoms with Gasteiger partial charge < -0.3 is 9.47 Å². The lowest BCUT2D eigenvalue weighted by atomic mass is 10.0. The first-order chi connectivity index (χ1) is 13.0. The number of esters is 1. The normalized spacial score (nSPS) is 15.5. The molecule has 6 heteroatoms. The molecule has 0 saturated carbocycles. The summed E-state index contributed by atoms with van der Waals surface area (Å²) in [5.74, 6) is -0.106. The van der Waals surface area contributed by atoms with Crippen LogP contribution >= 0.6 is 15.9 Å². The van der Waals surface area contributed by atoms with Crippen molar-refractivity contribution in [3.8, 4) is 5.75 Å². The van der Waals surface area contributed by atoms with Gasteiger partial charge in [0, 0.05) is 10.2 Å². The highest BCUT2D eigenvalue weighted by atomic mass is 79.9. The highest BCUT2D eigenvalue weighted by molar-refractivity contribution is 9.10. The van der Waals surface area contributed by atoms with Gasteiger partial charge in [0.2, 0.25) is 0 Å². The Kier molecular flexibility index (Phi) is 5.46. The Bertz CT molecular complexity index is 960. The summed E-state index contributed by atoms with van der Waals surface area (Å²) < 4.78 is 10.9. The second kappa shape index (κ2) is 7.80. The van der Waals surface area contributed by atoms with Crippen molar-refractivity contribution in [1.29, 1.82) is 0 Å². The molecule has 138 valence electrons. The first-order valence-corrected chi connectivity index (χ1v) is 9.01.